The van der Waals surface area contributed by atoms with Gasteiger partial charge in [-0.3, -0.25) is 9.59 Å². The fourth-order valence-electron chi connectivity index (χ4n) is 11.7. The van der Waals surface area contributed by atoms with E-state index in [-0.39, 0.29) is 35.0 Å². The Hall–Kier alpha value is -2.88. The Bertz CT molecular complexity index is 1360. The first-order valence-corrected chi connectivity index (χ1v) is 18.2. The van der Waals surface area contributed by atoms with Crippen LogP contribution in [0.15, 0.2) is 66.7 Å². The smallest absolute Gasteiger partial charge is 0.302 e. The molecule has 0 N–H and O–H groups in total. The maximum Gasteiger partial charge on any atom is 0.302 e. The third kappa shape index (κ3) is 5.99. The SMILES string of the molecule is CCC1C(OC(C)=O)C2C3CCC(C(C)CC=C(c4ccccc4)c4ccccc4)C3(C)CCC2C2(C)CCC(OC(C)=O)CC12. The van der Waals surface area contributed by atoms with Crippen LogP contribution in [-0.4, -0.2) is 24.1 Å². The molecule has 46 heavy (non-hydrogen) atoms. The lowest BCUT2D eigenvalue weighted by molar-refractivity contribution is -0.219. The van der Waals surface area contributed by atoms with Crippen LogP contribution in [0.1, 0.15) is 110 Å². The van der Waals surface area contributed by atoms with Gasteiger partial charge in [0, 0.05) is 19.8 Å². The normalized spacial score (nSPS) is 37.2. The highest BCUT2D eigenvalue weighted by Crippen LogP contribution is 2.70. The Kier molecular flexibility index (Phi) is 9.57. The summed E-state index contributed by atoms with van der Waals surface area (Å²) in [4.78, 5) is 24.6. The zero-order valence-electron chi connectivity index (χ0n) is 29.0. The van der Waals surface area contributed by atoms with Gasteiger partial charge in [0.2, 0.25) is 0 Å². The minimum atomic E-state index is -0.180. The molecule has 4 aliphatic rings. The summed E-state index contributed by atoms with van der Waals surface area (Å²) in [6, 6.07) is 21.7. The molecule has 0 spiro atoms. The van der Waals surface area contributed by atoms with Gasteiger partial charge in [-0.2, -0.15) is 0 Å². The lowest BCUT2D eigenvalue weighted by atomic mass is 9.41. The van der Waals surface area contributed by atoms with E-state index in [1.165, 1.54) is 49.3 Å². The lowest BCUT2D eigenvalue weighted by Crippen LogP contribution is -2.63. The average molecular weight is 625 g/mol. The van der Waals surface area contributed by atoms with Gasteiger partial charge in [0.25, 0.3) is 0 Å². The Morgan fingerprint density at radius 1 is 0.804 bits per heavy atom. The molecule has 6 rings (SSSR count). The van der Waals surface area contributed by atoms with Crippen molar-refractivity contribution in [3.8, 4) is 0 Å². The Labute approximate surface area is 277 Å². The van der Waals surface area contributed by atoms with Crippen LogP contribution >= 0.6 is 0 Å². The largest absolute Gasteiger partial charge is 0.463 e. The molecule has 2 aromatic rings. The topological polar surface area (TPSA) is 52.6 Å². The fourth-order valence-corrected chi connectivity index (χ4v) is 11.7. The second-order valence-corrected chi connectivity index (χ2v) is 15.8. The van der Waals surface area contributed by atoms with Crippen LogP contribution in [0.3, 0.4) is 0 Å². The van der Waals surface area contributed by atoms with Crippen LogP contribution in [-0.2, 0) is 19.1 Å². The van der Waals surface area contributed by atoms with E-state index in [4.69, 9.17) is 9.47 Å². The molecule has 4 saturated carbocycles. The molecule has 4 fully saturated rings. The van der Waals surface area contributed by atoms with Gasteiger partial charge in [-0.05, 0) is 121 Å². The second-order valence-electron chi connectivity index (χ2n) is 15.8. The minimum Gasteiger partial charge on any atom is -0.463 e. The second kappa shape index (κ2) is 13.3. The van der Waals surface area contributed by atoms with E-state index < -0.39 is 0 Å². The number of allylic oxidation sites excluding steroid dienone is 1. The highest BCUT2D eigenvalue weighted by Gasteiger charge is 2.66. The summed E-state index contributed by atoms with van der Waals surface area (Å²) in [6.45, 7) is 13.0. The molecule has 0 aliphatic heterocycles. The molecular weight excluding hydrogens is 568 g/mol. The van der Waals surface area contributed by atoms with E-state index in [1.54, 1.807) is 6.92 Å². The van der Waals surface area contributed by atoms with Crippen LogP contribution in [0.2, 0.25) is 0 Å². The van der Waals surface area contributed by atoms with Crippen LogP contribution in [0.25, 0.3) is 5.57 Å². The molecule has 0 amide bonds. The van der Waals surface area contributed by atoms with Crippen LogP contribution < -0.4 is 0 Å². The van der Waals surface area contributed by atoms with Crippen molar-refractivity contribution in [3.63, 3.8) is 0 Å². The molecule has 4 aliphatic carbocycles. The lowest BCUT2D eigenvalue weighted by Gasteiger charge is -2.65. The van der Waals surface area contributed by atoms with Crippen molar-refractivity contribution in [3.05, 3.63) is 77.9 Å². The van der Waals surface area contributed by atoms with Crippen LogP contribution in [0.5, 0.6) is 0 Å². The zero-order chi connectivity index (χ0) is 32.6. The van der Waals surface area contributed by atoms with Crippen LogP contribution in [0, 0.1) is 52.3 Å². The number of hydrogen-bond acceptors (Lipinski definition) is 4. The van der Waals surface area contributed by atoms with Gasteiger partial charge in [-0.15, -0.1) is 0 Å². The van der Waals surface area contributed by atoms with Crippen molar-refractivity contribution in [2.24, 2.45) is 52.3 Å². The zero-order valence-corrected chi connectivity index (χ0v) is 29.0. The predicted molar refractivity (Wildman–Crippen MR) is 185 cm³/mol. The number of carbonyl (C=O) groups is 2. The summed E-state index contributed by atoms with van der Waals surface area (Å²) >= 11 is 0. The first kappa shape index (κ1) is 33.0. The van der Waals surface area contributed by atoms with Crippen molar-refractivity contribution in [1.29, 1.82) is 0 Å². The van der Waals surface area contributed by atoms with Gasteiger partial charge in [0.05, 0.1) is 0 Å². The highest BCUT2D eigenvalue weighted by atomic mass is 16.5. The van der Waals surface area contributed by atoms with Gasteiger partial charge < -0.3 is 9.47 Å². The summed E-state index contributed by atoms with van der Waals surface area (Å²) in [7, 11) is 0. The molecule has 2 aromatic carbocycles. The molecule has 0 bridgehead atoms. The van der Waals surface area contributed by atoms with Gasteiger partial charge in [0.15, 0.2) is 0 Å². The molecule has 4 heteroatoms. The Balaban J connectivity index is 1.28. The number of esters is 2. The average Bonchev–Trinajstić information content (AvgIpc) is 3.39. The molecule has 11 unspecified atom stereocenters. The van der Waals surface area contributed by atoms with Crippen molar-refractivity contribution < 1.29 is 19.1 Å². The third-order valence-electron chi connectivity index (χ3n) is 13.6. The highest BCUT2D eigenvalue weighted by molar-refractivity contribution is 5.79. The summed E-state index contributed by atoms with van der Waals surface area (Å²) in [6.07, 6.45) is 12.4. The first-order chi connectivity index (χ1) is 22.1. The fraction of sp³-hybridized carbons (Fsp3) is 0.619. The van der Waals surface area contributed by atoms with E-state index in [0.717, 1.165) is 32.1 Å². The van der Waals surface area contributed by atoms with Crippen molar-refractivity contribution in [2.75, 3.05) is 0 Å². The van der Waals surface area contributed by atoms with E-state index in [9.17, 15) is 9.59 Å². The summed E-state index contributed by atoms with van der Waals surface area (Å²) in [5, 5.41) is 0. The van der Waals surface area contributed by atoms with Gasteiger partial charge in [-0.25, -0.2) is 0 Å². The number of benzene rings is 2. The molecule has 0 saturated heterocycles. The van der Waals surface area contributed by atoms with E-state index in [0.29, 0.717) is 41.4 Å². The quantitative estimate of drug-likeness (QED) is 0.274. The van der Waals surface area contributed by atoms with Crippen molar-refractivity contribution in [1.82, 2.24) is 0 Å². The van der Waals surface area contributed by atoms with Gasteiger partial charge >= 0.3 is 11.9 Å². The summed E-state index contributed by atoms with van der Waals surface area (Å²) in [5.41, 5.74) is 4.31. The predicted octanol–water partition coefficient (Wildman–Crippen LogP) is 9.91. The monoisotopic (exact) mass is 624 g/mol. The number of ether oxygens (including phenoxy) is 2. The maximum absolute atomic E-state index is 12.7. The van der Waals surface area contributed by atoms with Crippen molar-refractivity contribution >= 4 is 17.5 Å². The van der Waals surface area contributed by atoms with E-state index >= 15 is 0 Å². The van der Waals surface area contributed by atoms with Gasteiger partial charge in [-0.1, -0.05) is 94.4 Å². The molecule has 0 aromatic heterocycles. The van der Waals surface area contributed by atoms with E-state index in [1.807, 2.05) is 0 Å². The number of fused-ring (bicyclic) bond motifs is 5. The molecular formula is C42H56O4. The molecule has 0 radical (unpaired) electrons. The van der Waals surface area contributed by atoms with Crippen molar-refractivity contribution in [2.45, 2.75) is 112 Å². The minimum absolute atomic E-state index is 0.0190. The Morgan fingerprint density at radius 3 is 1.98 bits per heavy atom. The van der Waals surface area contributed by atoms with Gasteiger partial charge in [0.1, 0.15) is 12.2 Å². The number of rotatable bonds is 8. The van der Waals surface area contributed by atoms with Crippen LogP contribution in [0.4, 0.5) is 0 Å². The number of hydrogen-bond donors (Lipinski definition) is 0. The third-order valence-corrected chi connectivity index (χ3v) is 13.6. The molecule has 11 atom stereocenters. The van der Waals surface area contributed by atoms with E-state index in [2.05, 4.69) is 94.4 Å². The maximum atomic E-state index is 12.7. The Morgan fingerprint density at radius 2 is 1.39 bits per heavy atom. The number of carbonyl (C=O) groups excluding carboxylic acids is 2. The molecule has 248 valence electrons. The summed E-state index contributed by atoms with van der Waals surface area (Å²) in [5.74, 6) is 3.09. The standard InChI is InChI=1S/C42H56O4/c1-7-33-38-26-32(45-28(3)43)22-24-42(38,6)37-23-25-41(5)35(20-21-36(41)39(37)40(33)46-29(4)44)27(2)18-19-34(30-14-10-8-11-15-30)31-16-12-9-13-17-31/h8-17,19,27,32-33,35-40H,7,18,20-26H2,1-6H3. The first-order valence-electron chi connectivity index (χ1n) is 18.2. The summed E-state index contributed by atoms with van der Waals surface area (Å²) < 4.78 is 12.2. The molecule has 4 nitrogen and oxygen atoms in total. The molecule has 0 heterocycles.